The number of rotatable bonds is 10. The van der Waals surface area contributed by atoms with Gasteiger partial charge in [-0.1, -0.05) is 33.1 Å². The minimum absolute atomic E-state index is 0.362. The van der Waals surface area contributed by atoms with E-state index in [-0.39, 0.29) is 6.10 Å². The van der Waals surface area contributed by atoms with E-state index in [1.807, 2.05) is 0 Å². The molecule has 0 radical (unpaired) electrons. The fourth-order valence-corrected chi connectivity index (χ4v) is 2.04. The van der Waals surface area contributed by atoms with Crippen molar-refractivity contribution >= 4 is 0 Å². The number of ether oxygens (including phenoxy) is 1. The zero-order valence-corrected chi connectivity index (χ0v) is 11.4. The first-order valence-electron chi connectivity index (χ1n) is 6.49. The lowest BCUT2D eigenvalue weighted by atomic mass is 9.99. The van der Waals surface area contributed by atoms with Gasteiger partial charge in [0.05, 0.1) is 12.7 Å². The Morgan fingerprint density at radius 2 is 1.94 bits per heavy atom. The number of nitrogens with zero attached hydrogens (tertiary/aromatic N) is 1. The van der Waals surface area contributed by atoms with Gasteiger partial charge in [0.25, 0.3) is 0 Å². The zero-order chi connectivity index (χ0) is 12.4. The van der Waals surface area contributed by atoms with Crippen LogP contribution >= 0.6 is 0 Å². The maximum Gasteiger partial charge on any atom is 0.0899 e. The van der Waals surface area contributed by atoms with Crippen molar-refractivity contribution in [3.8, 4) is 0 Å². The highest BCUT2D eigenvalue weighted by atomic mass is 16.5. The van der Waals surface area contributed by atoms with Gasteiger partial charge in [-0.25, -0.2) is 0 Å². The van der Waals surface area contributed by atoms with E-state index < -0.39 is 0 Å². The predicted octanol–water partition coefficient (Wildman–Crippen LogP) is 2.14. The second-order valence-electron chi connectivity index (χ2n) is 4.75. The summed E-state index contributed by atoms with van der Waals surface area (Å²) in [5.41, 5.74) is 0. The molecule has 0 aliphatic heterocycles. The van der Waals surface area contributed by atoms with Gasteiger partial charge in [-0.2, -0.15) is 0 Å². The van der Waals surface area contributed by atoms with E-state index in [0.717, 1.165) is 12.5 Å². The van der Waals surface area contributed by atoms with Crippen molar-refractivity contribution in [3.63, 3.8) is 0 Å². The fraction of sp³-hybridized carbons (Fsp3) is 1.00. The summed E-state index contributed by atoms with van der Waals surface area (Å²) in [4.78, 5) is 2.22. The first-order valence-corrected chi connectivity index (χ1v) is 6.49. The van der Waals surface area contributed by atoms with Crippen molar-refractivity contribution in [1.29, 1.82) is 0 Å². The van der Waals surface area contributed by atoms with Crippen LogP contribution in [-0.4, -0.2) is 50.0 Å². The van der Waals surface area contributed by atoms with Crippen LogP contribution in [0.15, 0.2) is 0 Å². The van der Waals surface area contributed by atoms with E-state index in [4.69, 9.17) is 4.74 Å². The molecule has 0 aromatic carbocycles. The van der Waals surface area contributed by atoms with Gasteiger partial charge in [0.1, 0.15) is 0 Å². The Kier molecular flexibility index (Phi) is 9.99. The lowest BCUT2D eigenvalue weighted by molar-refractivity contribution is 0.0399. The molecule has 2 atom stereocenters. The summed E-state index contributed by atoms with van der Waals surface area (Å²) in [5.74, 6) is 0.764. The van der Waals surface area contributed by atoms with Crippen LogP contribution < -0.4 is 0 Å². The summed E-state index contributed by atoms with van der Waals surface area (Å²) < 4.78 is 4.92. The molecule has 0 fully saturated rings. The van der Waals surface area contributed by atoms with Crippen molar-refractivity contribution in [2.75, 3.05) is 33.9 Å². The van der Waals surface area contributed by atoms with Gasteiger partial charge in [0.15, 0.2) is 0 Å². The van der Waals surface area contributed by atoms with Crippen LogP contribution in [0, 0.1) is 5.92 Å². The maximum atomic E-state index is 9.61. The van der Waals surface area contributed by atoms with E-state index in [9.17, 15) is 5.11 Å². The van der Waals surface area contributed by atoms with E-state index in [1.165, 1.54) is 25.7 Å². The molecule has 0 spiro atoms. The molecule has 0 aliphatic rings. The standard InChI is InChI=1S/C13H29NO2/c1-5-7-8-12(6-2)9-14(3)10-13(15)11-16-4/h12-13,15H,5-11H2,1-4H3. The highest BCUT2D eigenvalue weighted by molar-refractivity contribution is 4.66. The molecule has 0 amide bonds. The number of aliphatic hydroxyl groups is 1. The summed E-state index contributed by atoms with van der Waals surface area (Å²) in [5, 5.41) is 9.61. The number of aliphatic hydroxyl groups excluding tert-OH is 1. The topological polar surface area (TPSA) is 32.7 Å². The van der Waals surface area contributed by atoms with Crippen LogP contribution in [0.1, 0.15) is 39.5 Å². The van der Waals surface area contributed by atoms with Gasteiger partial charge in [-0.15, -0.1) is 0 Å². The Hall–Kier alpha value is -0.120. The first-order chi connectivity index (χ1) is 7.63. The molecule has 1 N–H and O–H groups in total. The molecule has 2 unspecified atom stereocenters. The van der Waals surface area contributed by atoms with Gasteiger partial charge in [-0.3, -0.25) is 0 Å². The van der Waals surface area contributed by atoms with E-state index in [0.29, 0.717) is 13.2 Å². The van der Waals surface area contributed by atoms with E-state index in [2.05, 4.69) is 25.8 Å². The molecule has 0 aliphatic carbocycles. The quantitative estimate of drug-likeness (QED) is 0.625. The third kappa shape index (κ3) is 8.08. The Balaban J connectivity index is 3.76. The second-order valence-corrected chi connectivity index (χ2v) is 4.75. The van der Waals surface area contributed by atoms with E-state index in [1.54, 1.807) is 7.11 Å². The summed E-state index contributed by atoms with van der Waals surface area (Å²) in [6, 6.07) is 0. The molecule has 3 nitrogen and oxygen atoms in total. The molecule has 0 saturated carbocycles. The van der Waals surface area contributed by atoms with Crippen molar-refractivity contribution in [3.05, 3.63) is 0 Å². The molecular weight excluding hydrogens is 202 g/mol. The largest absolute Gasteiger partial charge is 0.389 e. The SMILES string of the molecule is CCCCC(CC)CN(C)CC(O)COC. The summed E-state index contributed by atoms with van der Waals surface area (Å²) in [7, 11) is 3.70. The summed E-state index contributed by atoms with van der Waals surface area (Å²) in [6.07, 6.45) is 4.75. The lowest BCUT2D eigenvalue weighted by Crippen LogP contribution is -2.35. The lowest BCUT2D eigenvalue weighted by Gasteiger charge is -2.25. The van der Waals surface area contributed by atoms with Crippen LogP contribution in [0.25, 0.3) is 0 Å². The summed E-state index contributed by atoms with van der Waals surface area (Å²) in [6.45, 7) is 6.70. The van der Waals surface area contributed by atoms with Gasteiger partial charge >= 0.3 is 0 Å². The number of unbranched alkanes of at least 4 members (excludes halogenated alkanes) is 1. The Morgan fingerprint density at radius 3 is 2.44 bits per heavy atom. The van der Waals surface area contributed by atoms with Crippen molar-refractivity contribution in [2.24, 2.45) is 5.92 Å². The van der Waals surface area contributed by atoms with Gasteiger partial charge in [0, 0.05) is 20.2 Å². The second kappa shape index (κ2) is 10.1. The van der Waals surface area contributed by atoms with Gasteiger partial charge < -0.3 is 14.7 Å². The normalized spacial score (nSPS) is 15.4. The van der Waals surface area contributed by atoms with Crippen molar-refractivity contribution in [2.45, 2.75) is 45.6 Å². The molecule has 0 saturated heterocycles. The average Bonchev–Trinajstić information content (AvgIpc) is 2.24. The van der Waals surface area contributed by atoms with Crippen LogP contribution in [0.5, 0.6) is 0 Å². The Morgan fingerprint density at radius 1 is 1.25 bits per heavy atom. The van der Waals surface area contributed by atoms with E-state index >= 15 is 0 Å². The van der Waals surface area contributed by atoms with Crippen molar-refractivity contribution in [1.82, 2.24) is 4.90 Å². The zero-order valence-electron chi connectivity index (χ0n) is 11.4. The van der Waals surface area contributed by atoms with Crippen LogP contribution in [0.3, 0.4) is 0 Å². The maximum absolute atomic E-state index is 9.61. The molecular formula is C13H29NO2. The molecule has 0 aromatic heterocycles. The number of methoxy groups -OCH3 is 1. The molecule has 0 aromatic rings. The van der Waals surface area contributed by atoms with Crippen LogP contribution in [-0.2, 0) is 4.74 Å². The minimum Gasteiger partial charge on any atom is -0.389 e. The monoisotopic (exact) mass is 231 g/mol. The Labute approximate surface area is 101 Å². The average molecular weight is 231 g/mol. The highest BCUT2D eigenvalue weighted by Crippen LogP contribution is 2.13. The fourth-order valence-electron chi connectivity index (χ4n) is 2.04. The van der Waals surface area contributed by atoms with Gasteiger partial charge in [-0.05, 0) is 19.4 Å². The molecule has 98 valence electrons. The molecule has 16 heavy (non-hydrogen) atoms. The number of likely N-dealkylation sites (N-methyl/N-ethyl adjacent to an activating group) is 1. The molecule has 0 heterocycles. The van der Waals surface area contributed by atoms with Crippen LogP contribution in [0.2, 0.25) is 0 Å². The summed E-state index contributed by atoms with van der Waals surface area (Å²) >= 11 is 0. The third-order valence-corrected chi connectivity index (χ3v) is 2.99. The number of hydrogen-bond acceptors (Lipinski definition) is 3. The Bertz CT molecular complexity index is 153. The molecule has 0 bridgehead atoms. The number of hydrogen-bond donors (Lipinski definition) is 1. The van der Waals surface area contributed by atoms with Crippen molar-refractivity contribution < 1.29 is 9.84 Å². The smallest absolute Gasteiger partial charge is 0.0899 e. The minimum atomic E-state index is -0.362. The third-order valence-electron chi connectivity index (χ3n) is 2.99. The predicted molar refractivity (Wildman–Crippen MR) is 68.7 cm³/mol. The first kappa shape index (κ1) is 15.9. The van der Waals surface area contributed by atoms with Gasteiger partial charge in [0.2, 0.25) is 0 Å². The molecule has 3 heteroatoms. The highest BCUT2D eigenvalue weighted by Gasteiger charge is 2.12. The molecule has 0 rings (SSSR count). The van der Waals surface area contributed by atoms with Crippen LogP contribution in [0.4, 0.5) is 0 Å².